The second-order valence-electron chi connectivity index (χ2n) is 26.2. The van der Waals surface area contributed by atoms with E-state index in [0.717, 1.165) is 202 Å². The van der Waals surface area contributed by atoms with Gasteiger partial charge in [0.15, 0.2) is 16.9 Å². The van der Waals surface area contributed by atoms with Crippen LogP contribution in [0, 0.1) is 0 Å². The number of carbonyl (C=O) groups excluding carboxylic acids is 6. The van der Waals surface area contributed by atoms with Crippen molar-refractivity contribution >= 4 is 86.5 Å². The minimum Gasteiger partial charge on any atom is -0.352 e. The second kappa shape index (κ2) is 28.0. The molecule has 18 rings (SSSR count). The lowest BCUT2D eigenvalue weighted by molar-refractivity contribution is 0.0707. The van der Waals surface area contributed by atoms with E-state index in [0.29, 0.717) is 31.0 Å². The minimum atomic E-state index is -0.113. The monoisotopic (exact) mass is 1360 g/mol. The zero-order valence-electron chi connectivity index (χ0n) is 55.9. The number of hydrogen-bond acceptors (Lipinski definition) is 15. The summed E-state index contributed by atoms with van der Waals surface area (Å²) < 4.78 is 6.07. The van der Waals surface area contributed by atoms with E-state index < -0.39 is 0 Å². The van der Waals surface area contributed by atoms with Crippen LogP contribution in [0.25, 0.3) is 50.7 Å². The average Bonchev–Trinajstić information content (AvgIpc) is 1.58. The van der Waals surface area contributed by atoms with Crippen LogP contribution in [0.1, 0.15) is 137 Å². The predicted molar refractivity (Wildman–Crippen MR) is 387 cm³/mol. The number of pyridine rings is 4. The molecule has 0 aliphatic carbocycles. The molecule has 6 aliphatic rings. The highest BCUT2D eigenvalue weighted by Gasteiger charge is 2.26. The molecule has 0 atom stereocenters. The molecule has 3 fully saturated rings. The lowest BCUT2D eigenvalue weighted by atomic mass is 10.0. The molecule has 8 aromatic heterocycles. The molecule has 0 saturated carbocycles. The zero-order valence-corrected chi connectivity index (χ0v) is 55.9. The maximum Gasteiger partial charge on any atom is 0.291 e. The highest BCUT2D eigenvalue weighted by Crippen LogP contribution is 2.34. The number of rotatable bonds is 12. The van der Waals surface area contributed by atoms with Crippen LogP contribution in [0.15, 0.2) is 183 Å². The molecule has 6 aliphatic heterocycles. The Labute approximate surface area is 586 Å². The van der Waals surface area contributed by atoms with E-state index in [-0.39, 0.29) is 41.3 Å². The molecular formula is C78H72N18O6. The fourth-order valence-corrected chi connectivity index (χ4v) is 14.3. The Hall–Kier alpha value is -12.6. The maximum atomic E-state index is 12.7. The number of hydrogen-bond donors (Lipinski definition) is 6. The van der Waals surface area contributed by atoms with E-state index in [2.05, 4.69) is 80.0 Å². The third kappa shape index (κ3) is 13.0. The van der Waals surface area contributed by atoms with Crippen molar-refractivity contribution in [3.63, 3.8) is 0 Å². The van der Waals surface area contributed by atoms with Crippen molar-refractivity contribution < 1.29 is 28.8 Å². The first kappa shape index (κ1) is 64.1. The van der Waals surface area contributed by atoms with E-state index >= 15 is 0 Å². The van der Waals surface area contributed by atoms with Gasteiger partial charge in [0.25, 0.3) is 35.4 Å². The van der Waals surface area contributed by atoms with Gasteiger partial charge in [-0.2, -0.15) is 0 Å². The molecule has 102 heavy (non-hydrogen) atoms. The lowest BCUT2D eigenvalue weighted by Gasteiger charge is -2.26. The van der Waals surface area contributed by atoms with Gasteiger partial charge in [-0.05, 0) is 200 Å². The Kier molecular flexibility index (Phi) is 17.6. The van der Waals surface area contributed by atoms with Crippen molar-refractivity contribution in [3.05, 3.63) is 234 Å². The number of amides is 6. The first-order chi connectivity index (χ1) is 50.0. The molecule has 6 amide bonds. The highest BCUT2D eigenvalue weighted by molar-refractivity contribution is 6.01. The fourth-order valence-electron chi connectivity index (χ4n) is 14.3. The molecule has 6 N–H and O–H groups in total. The van der Waals surface area contributed by atoms with Crippen molar-refractivity contribution in [3.8, 4) is 33.8 Å². The highest BCUT2D eigenvalue weighted by atomic mass is 16.2. The molecular weight excluding hydrogens is 1280 g/mol. The zero-order chi connectivity index (χ0) is 69.2. The number of aromatic nitrogens is 9. The first-order valence-electron chi connectivity index (χ1n) is 34.7. The van der Waals surface area contributed by atoms with Crippen LogP contribution < -0.4 is 31.9 Å². The number of likely N-dealkylation sites (tertiary alicyclic amines) is 3. The molecule has 0 unspecified atom stereocenters. The van der Waals surface area contributed by atoms with Gasteiger partial charge in [-0.25, -0.2) is 29.9 Å². The Morgan fingerprint density at radius 2 is 0.725 bits per heavy atom. The number of piperidine rings is 3. The van der Waals surface area contributed by atoms with Gasteiger partial charge in [-0.15, -0.1) is 0 Å². The largest absolute Gasteiger partial charge is 0.352 e. The Morgan fingerprint density at radius 1 is 0.353 bits per heavy atom. The molecule has 14 heterocycles. The van der Waals surface area contributed by atoms with Gasteiger partial charge in [0.2, 0.25) is 5.82 Å². The van der Waals surface area contributed by atoms with E-state index in [1.165, 1.54) is 12.8 Å². The SMILES string of the molecule is O=C1NCc2cc(-c3ccc(Nc4ccc(C(=O)N5CCCCC5)cc4)c4nccn34)ccc21.O=C1NCc2cc(-c3ccc(Nc4ccc(C(=O)N5CCCCC5)nc4)c4nccn34)ccc21.O=C1NCc2cc(-c3ccc(Nc4cnc(C(=O)N5CCCCC5)nc4)c4nccn34)ccc21. The summed E-state index contributed by atoms with van der Waals surface area (Å²) in [6.45, 7) is 6.50. The van der Waals surface area contributed by atoms with Crippen LogP contribution >= 0.6 is 0 Å². The first-order valence-corrected chi connectivity index (χ1v) is 34.7. The lowest BCUT2D eigenvalue weighted by Crippen LogP contribution is -2.36. The van der Waals surface area contributed by atoms with E-state index in [1.54, 1.807) is 43.2 Å². The minimum absolute atomic E-state index is 0.00232. The van der Waals surface area contributed by atoms with Gasteiger partial charge >= 0.3 is 0 Å². The summed E-state index contributed by atoms with van der Waals surface area (Å²) in [5.41, 5.74) is 19.6. The summed E-state index contributed by atoms with van der Waals surface area (Å²) in [5, 5.41) is 18.7. The van der Waals surface area contributed by atoms with Gasteiger partial charge in [0.05, 0.1) is 64.1 Å². The Morgan fingerprint density at radius 3 is 1.14 bits per heavy atom. The van der Waals surface area contributed by atoms with Crippen molar-refractivity contribution in [1.29, 1.82) is 0 Å². The molecule has 0 radical (unpaired) electrons. The van der Waals surface area contributed by atoms with Crippen LogP contribution in [0.4, 0.5) is 34.1 Å². The van der Waals surface area contributed by atoms with Crippen LogP contribution in [-0.4, -0.2) is 133 Å². The number of fused-ring (bicyclic) bond motifs is 6. The van der Waals surface area contributed by atoms with Crippen molar-refractivity contribution in [1.82, 2.24) is 73.8 Å². The summed E-state index contributed by atoms with van der Waals surface area (Å²) in [6, 6.07) is 41.0. The topological polar surface area (TPSA) is 275 Å². The van der Waals surface area contributed by atoms with Gasteiger partial charge in [0, 0.05) is 124 Å². The third-order valence-electron chi connectivity index (χ3n) is 19.6. The molecule has 24 nitrogen and oxygen atoms in total. The molecule has 24 heteroatoms. The standard InChI is InChI=1S/C27H25N5O2.C26H24N6O2.C25H23N7O2/c33-26-22-9-6-19(16-20(22)17-29-26)24-11-10-23(25-28-12-15-32(24)25)30-21-7-4-18(5-8-21)27(34)31-13-2-1-3-14-31;33-25-20-6-4-17(14-18(20)15-29-25)23-9-8-21(24-27-10-13-32(23)24)30-19-5-7-22(28-16-19)26(34)31-11-2-1-3-12-31;33-24-19-5-4-16(12-17(19)13-29-24)21-7-6-20(23-26-8-11-32(21)23)30-18-14-27-22(28-15-18)25(34)31-9-2-1-3-10-31/h4-12,15-16,30H,1-3,13-14,17H2,(H,29,33);4-10,13-14,16,30H,1-3,11-12,15H2,(H,29,33);4-8,11-12,14-15,30H,1-3,9-10,13H2,(H,29,33). The summed E-state index contributed by atoms with van der Waals surface area (Å²) in [5.74, 6) is 0.147. The number of imidazole rings is 3. The van der Waals surface area contributed by atoms with Crippen LogP contribution in [0.3, 0.4) is 0 Å². The van der Waals surface area contributed by atoms with Gasteiger partial charge in [-0.3, -0.25) is 42.0 Å². The quantitative estimate of drug-likeness (QED) is 0.0663. The maximum absolute atomic E-state index is 12.7. The second-order valence-corrected chi connectivity index (χ2v) is 26.2. The van der Waals surface area contributed by atoms with E-state index in [4.69, 9.17) is 0 Å². The summed E-state index contributed by atoms with van der Waals surface area (Å²) >= 11 is 0. The molecule has 3 saturated heterocycles. The van der Waals surface area contributed by atoms with E-state index in [1.807, 2.05) is 150 Å². The third-order valence-corrected chi connectivity index (χ3v) is 19.6. The normalized spacial score (nSPS) is 15.3. The van der Waals surface area contributed by atoms with E-state index in [9.17, 15) is 28.8 Å². The molecule has 4 aromatic carbocycles. The number of nitrogens with one attached hydrogen (secondary N) is 6. The van der Waals surface area contributed by atoms with Crippen molar-refractivity contribution in [2.45, 2.75) is 77.4 Å². The summed E-state index contributed by atoms with van der Waals surface area (Å²) in [4.78, 5) is 106. The Bertz CT molecular complexity index is 4720. The summed E-state index contributed by atoms with van der Waals surface area (Å²) in [6.07, 6.45) is 25.9. The van der Waals surface area contributed by atoms with Gasteiger partial charge < -0.3 is 46.6 Å². The van der Waals surface area contributed by atoms with Gasteiger partial charge in [0.1, 0.15) is 5.69 Å². The molecule has 510 valence electrons. The Balaban J connectivity index is 0.000000118. The molecule has 0 spiro atoms. The number of nitrogens with zero attached hydrogens (tertiary/aromatic N) is 12. The number of carbonyl (C=O) groups is 6. The number of anilines is 6. The van der Waals surface area contributed by atoms with Crippen molar-refractivity contribution in [2.75, 3.05) is 55.2 Å². The van der Waals surface area contributed by atoms with Crippen LogP contribution in [0.2, 0.25) is 0 Å². The van der Waals surface area contributed by atoms with Crippen LogP contribution in [-0.2, 0) is 19.6 Å². The smallest absolute Gasteiger partial charge is 0.291 e. The molecule has 12 aromatic rings. The van der Waals surface area contributed by atoms with Crippen LogP contribution in [0.5, 0.6) is 0 Å². The number of benzene rings is 4. The van der Waals surface area contributed by atoms with Crippen molar-refractivity contribution in [2.24, 2.45) is 0 Å². The average molecular weight is 1360 g/mol. The van der Waals surface area contributed by atoms with Gasteiger partial charge in [-0.1, -0.05) is 18.2 Å². The summed E-state index contributed by atoms with van der Waals surface area (Å²) in [7, 11) is 0. The fraction of sp³-hybridized carbons (Fsp3) is 0.231. The molecule has 0 bridgehead atoms. The predicted octanol–water partition coefficient (Wildman–Crippen LogP) is 12.0.